The molecule has 0 aromatic heterocycles. The number of fused-ring (bicyclic) bond motifs is 1. The minimum absolute atomic E-state index is 0.0910. The molecule has 2 aromatic carbocycles. The van der Waals surface area contributed by atoms with E-state index in [4.69, 9.17) is 11.3 Å². The molecule has 1 unspecified atom stereocenters. The maximum atomic E-state index is 12.7. The van der Waals surface area contributed by atoms with Crippen LogP contribution in [-0.4, -0.2) is 43.6 Å². The molecule has 0 spiro atoms. The highest BCUT2D eigenvalue weighted by Gasteiger charge is 2.51. The van der Waals surface area contributed by atoms with Gasteiger partial charge in [0.05, 0.1) is 13.2 Å². The topological polar surface area (TPSA) is 45.9 Å². The van der Waals surface area contributed by atoms with Crippen molar-refractivity contribution in [1.82, 2.24) is 10.2 Å². The van der Waals surface area contributed by atoms with Gasteiger partial charge in [0, 0.05) is 24.1 Å². The smallest absolute Gasteiger partial charge is 0.251 e. The predicted molar refractivity (Wildman–Crippen MR) is 134 cm³/mol. The SMILES string of the molecule is [C-]#[N+]c1ccc(OCCCN2CCC(C3(C4CCCC4)CNC(=O)c4ccccc43)CC2)cc1. The fraction of sp³-hybridized carbons (Fsp3) is 0.517. The Labute approximate surface area is 203 Å². The average Bonchev–Trinajstić information content (AvgIpc) is 3.44. The van der Waals surface area contributed by atoms with E-state index in [-0.39, 0.29) is 11.3 Å². The number of likely N-dealkylation sites (tertiary alicyclic amines) is 1. The Bertz CT molecular complexity index is 1030. The van der Waals surface area contributed by atoms with E-state index in [1.165, 1.54) is 44.1 Å². The van der Waals surface area contributed by atoms with Crippen LogP contribution >= 0.6 is 0 Å². The lowest BCUT2D eigenvalue weighted by molar-refractivity contribution is 0.0675. The average molecular weight is 458 g/mol. The predicted octanol–water partition coefficient (Wildman–Crippen LogP) is 5.59. The Kier molecular flexibility index (Phi) is 6.87. The fourth-order valence-corrected chi connectivity index (χ4v) is 6.77. The van der Waals surface area contributed by atoms with E-state index >= 15 is 0 Å². The molecule has 1 amide bonds. The Balaban J connectivity index is 1.20. The van der Waals surface area contributed by atoms with Crippen LogP contribution in [0.1, 0.15) is 60.9 Å². The summed E-state index contributed by atoms with van der Waals surface area (Å²) < 4.78 is 5.88. The number of benzene rings is 2. The van der Waals surface area contributed by atoms with Crippen LogP contribution in [0.3, 0.4) is 0 Å². The summed E-state index contributed by atoms with van der Waals surface area (Å²) in [7, 11) is 0. The highest BCUT2D eigenvalue weighted by atomic mass is 16.5. The Hall–Kier alpha value is -2.84. The quantitative estimate of drug-likeness (QED) is 0.435. The van der Waals surface area contributed by atoms with Crippen molar-refractivity contribution in [2.45, 2.75) is 50.4 Å². The number of rotatable bonds is 7. The summed E-state index contributed by atoms with van der Waals surface area (Å²) in [6.45, 7) is 11.8. The molecule has 1 aliphatic carbocycles. The normalized spacial score (nSPS) is 23.8. The zero-order valence-electron chi connectivity index (χ0n) is 20.0. The van der Waals surface area contributed by atoms with Crippen LogP contribution in [0.5, 0.6) is 5.75 Å². The van der Waals surface area contributed by atoms with Gasteiger partial charge in [-0.1, -0.05) is 43.2 Å². The number of piperidine rings is 1. The summed E-state index contributed by atoms with van der Waals surface area (Å²) in [4.78, 5) is 18.7. The van der Waals surface area contributed by atoms with Crippen LogP contribution in [0, 0.1) is 18.4 Å². The number of ether oxygens (including phenoxy) is 1. The van der Waals surface area contributed by atoms with Gasteiger partial charge in [0.25, 0.3) is 5.91 Å². The van der Waals surface area contributed by atoms with E-state index < -0.39 is 0 Å². The van der Waals surface area contributed by atoms with E-state index in [1.807, 2.05) is 24.3 Å². The zero-order chi connectivity index (χ0) is 23.4. The van der Waals surface area contributed by atoms with Crippen LogP contribution in [-0.2, 0) is 5.41 Å². The highest BCUT2D eigenvalue weighted by Crippen LogP contribution is 2.51. The molecule has 2 fully saturated rings. The van der Waals surface area contributed by atoms with Gasteiger partial charge in [-0.3, -0.25) is 4.79 Å². The van der Waals surface area contributed by atoms with Gasteiger partial charge >= 0.3 is 0 Å². The molecule has 2 aromatic rings. The van der Waals surface area contributed by atoms with Crippen molar-refractivity contribution in [3.05, 3.63) is 71.1 Å². The Morgan fingerprint density at radius 1 is 1.00 bits per heavy atom. The number of hydrogen-bond donors (Lipinski definition) is 1. The molecule has 2 heterocycles. The molecule has 1 saturated carbocycles. The second-order valence-electron chi connectivity index (χ2n) is 10.2. The number of hydrogen-bond acceptors (Lipinski definition) is 3. The largest absolute Gasteiger partial charge is 0.494 e. The molecule has 5 nitrogen and oxygen atoms in total. The molecule has 3 aliphatic rings. The standard InChI is InChI=1S/C29H35N3O2/c1-30-24-11-13-25(14-12-24)34-20-6-17-32-18-15-23(16-19-32)29(22-7-2-3-8-22)21-31-28(33)26-9-4-5-10-27(26)29/h4-5,9-14,22-23H,2-3,6-8,15-21H2,(H,31,33). The van der Waals surface area contributed by atoms with Crippen LogP contribution in [0.4, 0.5) is 5.69 Å². The van der Waals surface area contributed by atoms with Gasteiger partial charge in [0.15, 0.2) is 5.69 Å². The van der Waals surface area contributed by atoms with Crippen molar-refractivity contribution in [2.24, 2.45) is 11.8 Å². The summed E-state index contributed by atoms with van der Waals surface area (Å²) in [5, 5.41) is 3.29. The fourth-order valence-electron chi connectivity index (χ4n) is 6.77. The first-order valence-electron chi connectivity index (χ1n) is 12.9. The van der Waals surface area contributed by atoms with Gasteiger partial charge in [-0.2, -0.15) is 0 Å². The van der Waals surface area contributed by atoms with E-state index in [0.717, 1.165) is 43.9 Å². The number of amides is 1. The summed E-state index contributed by atoms with van der Waals surface area (Å²) in [5.74, 6) is 2.23. The molecular weight excluding hydrogens is 422 g/mol. The van der Waals surface area contributed by atoms with Crippen molar-refractivity contribution < 1.29 is 9.53 Å². The van der Waals surface area contributed by atoms with Crippen molar-refractivity contribution in [3.8, 4) is 5.75 Å². The second-order valence-corrected chi connectivity index (χ2v) is 10.2. The number of nitrogens with zero attached hydrogens (tertiary/aromatic N) is 2. The van der Waals surface area contributed by atoms with Gasteiger partial charge in [0.1, 0.15) is 5.75 Å². The summed E-state index contributed by atoms with van der Waals surface area (Å²) >= 11 is 0. The number of carbonyl (C=O) groups excluding carboxylic acids is 1. The maximum absolute atomic E-state index is 12.7. The van der Waals surface area contributed by atoms with Crippen molar-refractivity contribution in [1.29, 1.82) is 0 Å². The number of carbonyl (C=O) groups is 1. The molecule has 0 bridgehead atoms. The lowest BCUT2D eigenvalue weighted by Crippen LogP contribution is -2.57. The summed E-state index contributed by atoms with van der Waals surface area (Å²) in [5.41, 5.74) is 2.96. The maximum Gasteiger partial charge on any atom is 0.251 e. The molecule has 5 heteroatoms. The van der Waals surface area contributed by atoms with E-state index in [1.54, 1.807) is 12.1 Å². The van der Waals surface area contributed by atoms with E-state index in [9.17, 15) is 4.79 Å². The molecule has 178 valence electrons. The molecule has 0 radical (unpaired) electrons. The molecule has 2 aliphatic heterocycles. The van der Waals surface area contributed by atoms with Gasteiger partial charge in [0.2, 0.25) is 0 Å². The van der Waals surface area contributed by atoms with Crippen LogP contribution in [0.25, 0.3) is 4.85 Å². The van der Waals surface area contributed by atoms with Crippen molar-refractivity contribution in [2.75, 3.05) is 32.8 Å². The van der Waals surface area contributed by atoms with Gasteiger partial charge in [-0.25, -0.2) is 4.85 Å². The van der Waals surface area contributed by atoms with Crippen molar-refractivity contribution in [3.63, 3.8) is 0 Å². The van der Waals surface area contributed by atoms with Gasteiger partial charge in [-0.15, -0.1) is 0 Å². The highest BCUT2D eigenvalue weighted by molar-refractivity contribution is 5.97. The minimum Gasteiger partial charge on any atom is -0.494 e. The monoisotopic (exact) mass is 457 g/mol. The first-order chi connectivity index (χ1) is 16.7. The second kappa shape index (κ2) is 10.2. The molecular formula is C29H35N3O2. The molecule has 1 saturated heterocycles. The Morgan fingerprint density at radius 2 is 1.71 bits per heavy atom. The van der Waals surface area contributed by atoms with Crippen molar-refractivity contribution >= 4 is 11.6 Å². The number of nitrogens with one attached hydrogen (secondary N) is 1. The lowest BCUT2D eigenvalue weighted by atomic mass is 9.57. The van der Waals surface area contributed by atoms with Gasteiger partial charge in [-0.05, 0) is 80.8 Å². The first kappa shape index (κ1) is 22.9. The third kappa shape index (κ3) is 4.44. The van der Waals surface area contributed by atoms with Crippen LogP contribution in [0.15, 0.2) is 48.5 Å². The van der Waals surface area contributed by atoms with Gasteiger partial charge < -0.3 is 15.0 Å². The molecule has 1 N–H and O–H groups in total. The molecule has 5 rings (SSSR count). The van der Waals surface area contributed by atoms with Crippen LogP contribution in [0.2, 0.25) is 0 Å². The lowest BCUT2D eigenvalue weighted by Gasteiger charge is -2.51. The Morgan fingerprint density at radius 3 is 2.44 bits per heavy atom. The summed E-state index contributed by atoms with van der Waals surface area (Å²) in [6, 6.07) is 15.8. The minimum atomic E-state index is 0.0910. The first-order valence-corrected chi connectivity index (χ1v) is 12.9. The van der Waals surface area contributed by atoms with E-state index in [2.05, 4.69) is 27.2 Å². The summed E-state index contributed by atoms with van der Waals surface area (Å²) in [6.07, 6.45) is 8.61. The molecule has 1 atom stereocenters. The third-order valence-corrected chi connectivity index (χ3v) is 8.47. The van der Waals surface area contributed by atoms with E-state index in [0.29, 0.717) is 24.1 Å². The van der Waals surface area contributed by atoms with Crippen LogP contribution < -0.4 is 10.1 Å². The molecule has 34 heavy (non-hydrogen) atoms. The third-order valence-electron chi connectivity index (χ3n) is 8.47. The zero-order valence-corrected chi connectivity index (χ0v) is 20.0.